The molecule has 1 fully saturated rings. The summed E-state index contributed by atoms with van der Waals surface area (Å²) in [6.07, 6.45) is 3.75. The van der Waals surface area contributed by atoms with E-state index in [-0.39, 0.29) is 17.6 Å². The molecule has 4 aromatic rings. The number of imidazole rings is 1. The summed E-state index contributed by atoms with van der Waals surface area (Å²) in [6.45, 7) is 4.41. The number of carbonyl (C=O) groups excluding carboxylic acids is 1. The Labute approximate surface area is 190 Å². The van der Waals surface area contributed by atoms with E-state index in [0.717, 1.165) is 28.0 Å². The molecule has 5 heterocycles. The third kappa shape index (κ3) is 3.58. The van der Waals surface area contributed by atoms with E-state index < -0.39 is 6.10 Å². The van der Waals surface area contributed by atoms with Crippen LogP contribution in [0, 0.1) is 6.92 Å². The molecule has 0 aliphatic carbocycles. The Kier molecular flexibility index (Phi) is 5.20. The fraction of sp³-hybridized carbons (Fsp3) is 0.375. The summed E-state index contributed by atoms with van der Waals surface area (Å²) < 4.78 is 3.42. The van der Waals surface area contributed by atoms with Gasteiger partial charge in [0.25, 0.3) is 5.91 Å². The van der Waals surface area contributed by atoms with Crippen molar-refractivity contribution in [1.29, 1.82) is 0 Å². The summed E-state index contributed by atoms with van der Waals surface area (Å²) in [5.74, 6) is -0.272. The molecule has 170 valence electrons. The molecule has 5 rings (SSSR count). The van der Waals surface area contributed by atoms with E-state index >= 15 is 0 Å². The van der Waals surface area contributed by atoms with Crippen LogP contribution in [0.2, 0.25) is 0 Å². The Morgan fingerprint density at radius 3 is 2.55 bits per heavy atom. The van der Waals surface area contributed by atoms with E-state index in [1.54, 1.807) is 28.9 Å². The minimum absolute atomic E-state index is 0.0728. The van der Waals surface area contributed by atoms with E-state index in [9.17, 15) is 14.7 Å². The molecule has 0 radical (unpaired) electrons. The minimum atomic E-state index is -1.02. The molecule has 4 aromatic heterocycles. The second-order valence-electron chi connectivity index (χ2n) is 8.69. The summed E-state index contributed by atoms with van der Waals surface area (Å²) in [6, 6.07) is 7.69. The highest BCUT2D eigenvalue weighted by molar-refractivity contribution is 6.00. The van der Waals surface area contributed by atoms with E-state index in [4.69, 9.17) is 4.98 Å². The van der Waals surface area contributed by atoms with Crippen LogP contribution in [0.4, 0.5) is 0 Å². The molecular formula is C24H26N6O3. The van der Waals surface area contributed by atoms with Crippen molar-refractivity contribution in [2.75, 3.05) is 13.1 Å². The minimum Gasteiger partial charge on any atom is -0.384 e. The van der Waals surface area contributed by atoms with Crippen LogP contribution in [0.3, 0.4) is 0 Å². The fourth-order valence-electron chi connectivity index (χ4n) is 4.61. The zero-order valence-corrected chi connectivity index (χ0v) is 18.9. The Hall–Kier alpha value is -3.59. The van der Waals surface area contributed by atoms with Gasteiger partial charge in [-0.25, -0.2) is 9.78 Å². The summed E-state index contributed by atoms with van der Waals surface area (Å²) in [5, 5.41) is 9.63. The number of aliphatic hydroxyl groups is 1. The van der Waals surface area contributed by atoms with Crippen molar-refractivity contribution < 1.29 is 9.90 Å². The van der Waals surface area contributed by atoms with Gasteiger partial charge in [-0.1, -0.05) is 0 Å². The Morgan fingerprint density at radius 2 is 1.88 bits per heavy atom. The van der Waals surface area contributed by atoms with Crippen molar-refractivity contribution in [3.63, 3.8) is 0 Å². The number of nitrogens with zero attached hydrogens (tertiary/aromatic N) is 6. The van der Waals surface area contributed by atoms with Crippen LogP contribution < -0.4 is 5.69 Å². The molecular weight excluding hydrogens is 420 g/mol. The SMILES string of the molecule is Cc1ccc(-c2ccc3ncc4c(c3n2)n(C2CCN(C(=O)C(C)O)CC2)c(=O)n4C)cn1. The maximum Gasteiger partial charge on any atom is 0.329 e. The Bertz CT molecular complexity index is 1410. The van der Waals surface area contributed by atoms with Crippen molar-refractivity contribution in [3.05, 3.63) is 52.8 Å². The first-order chi connectivity index (χ1) is 15.8. The lowest BCUT2D eigenvalue weighted by Crippen LogP contribution is -2.44. The second kappa shape index (κ2) is 8.08. The van der Waals surface area contributed by atoms with Crippen LogP contribution >= 0.6 is 0 Å². The van der Waals surface area contributed by atoms with Gasteiger partial charge in [0, 0.05) is 43.6 Å². The molecule has 0 bridgehead atoms. The standard InChI is InChI=1S/C24H26N6O3/c1-14-4-5-16(12-25-14)18-6-7-19-21(27-18)22-20(13-26-19)28(3)24(33)30(22)17-8-10-29(11-9-17)23(32)15(2)31/h4-7,12-13,15,17,31H,8-11H2,1-3H3. The van der Waals surface area contributed by atoms with Crippen LogP contribution in [-0.4, -0.2) is 59.2 Å². The normalized spacial score (nSPS) is 15.9. The van der Waals surface area contributed by atoms with Gasteiger partial charge >= 0.3 is 5.69 Å². The van der Waals surface area contributed by atoms with Crippen LogP contribution in [0.1, 0.15) is 31.5 Å². The molecule has 9 heteroatoms. The number of hydrogen-bond acceptors (Lipinski definition) is 6. The molecule has 1 aliphatic heterocycles. The zero-order chi connectivity index (χ0) is 23.3. The van der Waals surface area contributed by atoms with Gasteiger partial charge in [0.1, 0.15) is 11.6 Å². The highest BCUT2D eigenvalue weighted by atomic mass is 16.3. The molecule has 1 aliphatic rings. The third-order valence-corrected chi connectivity index (χ3v) is 6.47. The number of rotatable bonds is 3. The summed E-state index contributed by atoms with van der Waals surface area (Å²) in [5.41, 5.74) is 5.35. The molecule has 33 heavy (non-hydrogen) atoms. The maximum atomic E-state index is 13.3. The van der Waals surface area contributed by atoms with Gasteiger partial charge in [-0.3, -0.25) is 23.9 Å². The van der Waals surface area contributed by atoms with Gasteiger partial charge in [-0.05, 0) is 51.0 Å². The molecule has 1 N–H and O–H groups in total. The van der Waals surface area contributed by atoms with Crippen LogP contribution in [0.5, 0.6) is 0 Å². The zero-order valence-electron chi connectivity index (χ0n) is 18.9. The van der Waals surface area contributed by atoms with E-state index in [1.807, 2.05) is 35.8 Å². The quantitative estimate of drug-likeness (QED) is 0.517. The van der Waals surface area contributed by atoms with Crippen molar-refractivity contribution in [2.45, 2.75) is 38.8 Å². The molecule has 0 aromatic carbocycles. The molecule has 9 nitrogen and oxygen atoms in total. The highest BCUT2D eigenvalue weighted by Crippen LogP contribution is 2.30. The molecule has 1 atom stereocenters. The topological polar surface area (TPSA) is 106 Å². The fourth-order valence-corrected chi connectivity index (χ4v) is 4.61. The van der Waals surface area contributed by atoms with E-state index in [1.165, 1.54) is 6.92 Å². The number of hydrogen-bond donors (Lipinski definition) is 1. The van der Waals surface area contributed by atoms with Crippen LogP contribution in [-0.2, 0) is 11.8 Å². The number of aryl methyl sites for hydroxylation is 2. The number of amides is 1. The Morgan fingerprint density at radius 1 is 1.12 bits per heavy atom. The molecule has 0 spiro atoms. The number of fused-ring (bicyclic) bond motifs is 3. The third-order valence-electron chi connectivity index (χ3n) is 6.47. The van der Waals surface area contributed by atoms with Gasteiger partial charge in [0.05, 0.1) is 28.4 Å². The largest absolute Gasteiger partial charge is 0.384 e. The van der Waals surface area contributed by atoms with Gasteiger partial charge in [0.2, 0.25) is 0 Å². The number of aromatic nitrogens is 5. The molecule has 0 saturated carbocycles. The summed E-state index contributed by atoms with van der Waals surface area (Å²) >= 11 is 0. The number of pyridine rings is 3. The van der Waals surface area contributed by atoms with Crippen LogP contribution in [0.15, 0.2) is 41.5 Å². The number of carbonyl (C=O) groups is 1. The lowest BCUT2D eigenvalue weighted by Gasteiger charge is -2.33. The van der Waals surface area contributed by atoms with Gasteiger partial charge in [0.15, 0.2) is 0 Å². The number of likely N-dealkylation sites (tertiary alicyclic amines) is 1. The van der Waals surface area contributed by atoms with E-state index in [0.29, 0.717) is 37.0 Å². The van der Waals surface area contributed by atoms with Crippen molar-refractivity contribution in [2.24, 2.45) is 7.05 Å². The van der Waals surface area contributed by atoms with Crippen molar-refractivity contribution in [3.8, 4) is 11.3 Å². The maximum absolute atomic E-state index is 13.3. The highest BCUT2D eigenvalue weighted by Gasteiger charge is 2.29. The number of aliphatic hydroxyl groups excluding tert-OH is 1. The predicted octanol–water partition coefficient (Wildman–Crippen LogP) is 2.20. The predicted molar refractivity (Wildman–Crippen MR) is 125 cm³/mol. The Balaban J connectivity index is 1.62. The first kappa shape index (κ1) is 21.3. The first-order valence-corrected chi connectivity index (χ1v) is 11.1. The van der Waals surface area contributed by atoms with Gasteiger partial charge < -0.3 is 10.0 Å². The van der Waals surface area contributed by atoms with Crippen LogP contribution in [0.25, 0.3) is 33.3 Å². The smallest absolute Gasteiger partial charge is 0.329 e. The molecule has 1 saturated heterocycles. The summed E-state index contributed by atoms with van der Waals surface area (Å²) in [4.78, 5) is 40.9. The van der Waals surface area contributed by atoms with Gasteiger partial charge in [-0.15, -0.1) is 0 Å². The first-order valence-electron chi connectivity index (χ1n) is 11.1. The average Bonchev–Trinajstić information content (AvgIpc) is 3.09. The monoisotopic (exact) mass is 446 g/mol. The second-order valence-corrected chi connectivity index (χ2v) is 8.69. The average molecular weight is 447 g/mol. The molecule has 1 unspecified atom stereocenters. The van der Waals surface area contributed by atoms with Crippen molar-refractivity contribution in [1.82, 2.24) is 29.0 Å². The summed E-state index contributed by atoms with van der Waals surface area (Å²) in [7, 11) is 1.74. The number of piperidine rings is 1. The van der Waals surface area contributed by atoms with Gasteiger partial charge in [-0.2, -0.15) is 0 Å². The lowest BCUT2D eigenvalue weighted by atomic mass is 10.0. The lowest BCUT2D eigenvalue weighted by molar-refractivity contribution is -0.140. The van der Waals surface area contributed by atoms with E-state index in [2.05, 4.69) is 9.97 Å². The molecule has 1 amide bonds. The van der Waals surface area contributed by atoms with Crippen molar-refractivity contribution >= 4 is 28.0 Å².